The van der Waals surface area contributed by atoms with Crippen LogP contribution in [0.4, 0.5) is 20.2 Å². The van der Waals surface area contributed by atoms with Crippen LogP contribution < -0.4 is 10.6 Å². The Morgan fingerprint density at radius 2 is 1.97 bits per heavy atom. The second-order valence-electron chi connectivity index (χ2n) is 6.76. The third-order valence-corrected chi connectivity index (χ3v) is 5.60. The number of ether oxygens (including phenoxy) is 1. The Balaban J connectivity index is 0.000000186. The van der Waals surface area contributed by atoms with E-state index < -0.39 is 6.43 Å². The van der Waals surface area contributed by atoms with E-state index in [0.29, 0.717) is 12.1 Å². The number of nitrogens with zero attached hydrogens (tertiary/aromatic N) is 5. The number of nitrogens with one attached hydrogen (secondary N) is 2. The molecule has 1 unspecified atom stereocenters. The number of rotatable bonds is 7. The Bertz CT molecular complexity index is 1220. The minimum absolute atomic E-state index is 0.00875. The van der Waals surface area contributed by atoms with Crippen LogP contribution in [0.25, 0.3) is 16.0 Å². The van der Waals surface area contributed by atoms with Crippen molar-refractivity contribution < 1.29 is 18.3 Å². The third kappa shape index (κ3) is 5.46. The lowest BCUT2D eigenvalue weighted by atomic mass is 10.1. The van der Waals surface area contributed by atoms with Crippen LogP contribution in [-0.4, -0.2) is 45.5 Å². The molecule has 2 N–H and O–H groups in total. The van der Waals surface area contributed by atoms with Crippen molar-refractivity contribution >= 4 is 39.5 Å². The van der Waals surface area contributed by atoms with E-state index in [2.05, 4.69) is 30.8 Å². The van der Waals surface area contributed by atoms with Crippen LogP contribution >= 0.6 is 11.3 Å². The zero-order valence-electron chi connectivity index (χ0n) is 18.4. The first-order valence-electron chi connectivity index (χ1n) is 9.85. The van der Waals surface area contributed by atoms with E-state index in [1.54, 1.807) is 18.4 Å². The average Bonchev–Trinajstić information content (AvgIpc) is 3.47. The summed E-state index contributed by atoms with van der Waals surface area (Å²) in [4.78, 5) is 21.2. The van der Waals surface area contributed by atoms with E-state index in [-0.39, 0.29) is 17.4 Å². The first-order valence-corrected chi connectivity index (χ1v) is 10.7. The number of benzene rings is 1. The number of hydrogen-bond donors (Lipinski definition) is 2. The van der Waals surface area contributed by atoms with Gasteiger partial charge in [0.1, 0.15) is 10.3 Å². The molecule has 4 rings (SSSR count). The molecule has 0 bridgehead atoms. The van der Waals surface area contributed by atoms with Crippen LogP contribution in [-0.2, 0) is 9.53 Å². The van der Waals surface area contributed by atoms with Gasteiger partial charge in [-0.3, -0.25) is 4.79 Å². The van der Waals surface area contributed by atoms with Crippen molar-refractivity contribution in [2.45, 2.75) is 26.4 Å². The van der Waals surface area contributed by atoms with Gasteiger partial charge in [-0.15, -0.1) is 0 Å². The molecule has 0 radical (unpaired) electrons. The summed E-state index contributed by atoms with van der Waals surface area (Å²) in [6, 6.07) is 4.12. The van der Waals surface area contributed by atoms with Gasteiger partial charge in [0.05, 0.1) is 41.1 Å². The van der Waals surface area contributed by atoms with Crippen molar-refractivity contribution in [1.82, 2.24) is 25.0 Å². The first kappa shape index (κ1) is 24.1. The van der Waals surface area contributed by atoms with Gasteiger partial charge >= 0.3 is 0 Å². The molecule has 1 atom stereocenters. The number of pyridine rings is 1. The Morgan fingerprint density at radius 3 is 2.58 bits per heavy atom. The third-order valence-electron chi connectivity index (χ3n) is 4.72. The number of fused-ring (bicyclic) bond motifs is 1. The number of aryl methyl sites for hydroxylation is 1. The molecule has 0 saturated heterocycles. The molecule has 1 aromatic carbocycles. The molecule has 3 heterocycles. The lowest BCUT2D eigenvalue weighted by molar-refractivity contribution is -0.105. The number of carbonyl (C=O) groups excluding carboxylic acids is 1. The van der Waals surface area contributed by atoms with Gasteiger partial charge in [-0.25, -0.2) is 18.7 Å². The summed E-state index contributed by atoms with van der Waals surface area (Å²) >= 11 is 1.61. The normalized spacial score (nSPS) is 11.7. The van der Waals surface area contributed by atoms with Crippen LogP contribution in [0.2, 0.25) is 0 Å². The van der Waals surface area contributed by atoms with Gasteiger partial charge in [-0.05, 0) is 32.0 Å². The molecule has 33 heavy (non-hydrogen) atoms. The van der Waals surface area contributed by atoms with E-state index in [9.17, 15) is 13.6 Å². The van der Waals surface area contributed by atoms with Gasteiger partial charge < -0.3 is 15.4 Å². The number of thiazole rings is 1. The maximum atomic E-state index is 12.9. The van der Waals surface area contributed by atoms with Crippen molar-refractivity contribution in [2.24, 2.45) is 0 Å². The zero-order chi connectivity index (χ0) is 24.0. The molecular formula is C21H23F2N7O2S. The fraction of sp³-hybridized carbons (Fsp3) is 0.286. The van der Waals surface area contributed by atoms with Gasteiger partial charge in [0.2, 0.25) is 6.41 Å². The Hall–Kier alpha value is -3.51. The molecule has 12 heteroatoms. The molecule has 0 saturated carbocycles. The second kappa shape index (κ2) is 10.9. The Labute approximate surface area is 192 Å². The molecule has 0 spiro atoms. The summed E-state index contributed by atoms with van der Waals surface area (Å²) in [5.41, 5.74) is 3.25. The highest BCUT2D eigenvalue weighted by Gasteiger charge is 2.18. The standard InChI is InChI=1S/C11H15N3OS.C10H8F2N4O/c1-6(15-4)9-8(12-3)5-13-11-10(9)14-7(2)16-11;11-10(12)8-5-7(13-6-17)1-2-9(8)16-14-3-4-15-16/h5-6,12H,1-4H3;1-6,10H,(H,13,17). The van der Waals surface area contributed by atoms with Gasteiger partial charge in [0, 0.05) is 31.0 Å². The molecule has 9 nitrogen and oxygen atoms in total. The van der Waals surface area contributed by atoms with Crippen molar-refractivity contribution in [3.8, 4) is 5.69 Å². The quantitative estimate of drug-likeness (QED) is 0.379. The molecule has 4 aromatic rings. The van der Waals surface area contributed by atoms with E-state index in [4.69, 9.17) is 4.74 Å². The average molecular weight is 476 g/mol. The van der Waals surface area contributed by atoms with Crippen LogP contribution in [0.1, 0.15) is 35.6 Å². The van der Waals surface area contributed by atoms with Gasteiger partial charge in [0.15, 0.2) is 0 Å². The maximum Gasteiger partial charge on any atom is 0.266 e. The van der Waals surface area contributed by atoms with Crippen LogP contribution in [0.15, 0.2) is 36.8 Å². The van der Waals surface area contributed by atoms with E-state index in [1.165, 1.54) is 30.6 Å². The molecule has 0 fully saturated rings. The highest BCUT2D eigenvalue weighted by Crippen LogP contribution is 2.33. The predicted molar refractivity (Wildman–Crippen MR) is 123 cm³/mol. The van der Waals surface area contributed by atoms with Crippen LogP contribution in [0, 0.1) is 6.92 Å². The molecule has 3 aromatic heterocycles. The molecule has 174 valence electrons. The number of alkyl halides is 2. The Morgan fingerprint density at radius 1 is 1.24 bits per heavy atom. The van der Waals surface area contributed by atoms with Gasteiger partial charge in [-0.1, -0.05) is 11.3 Å². The summed E-state index contributed by atoms with van der Waals surface area (Å²) in [6.45, 7) is 4.01. The smallest absolute Gasteiger partial charge is 0.266 e. The van der Waals surface area contributed by atoms with Gasteiger partial charge in [-0.2, -0.15) is 15.0 Å². The maximum absolute atomic E-state index is 12.9. The van der Waals surface area contributed by atoms with Crippen LogP contribution in [0.3, 0.4) is 0 Å². The number of amides is 1. The molecule has 0 aliphatic carbocycles. The van der Waals surface area contributed by atoms with Gasteiger partial charge in [0.25, 0.3) is 6.43 Å². The largest absolute Gasteiger partial charge is 0.387 e. The predicted octanol–water partition coefficient (Wildman–Crippen LogP) is 4.52. The highest BCUT2D eigenvalue weighted by atomic mass is 32.1. The molecular weight excluding hydrogens is 452 g/mol. The zero-order valence-corrected chi connectivity index (χ0v) is 19.2. The lowest BCUT2D eigenvalue weighted by Crippen LogP contribution is -2.05. The van der Waals surface area contributed by atoms with Crippen molar-refractivity contribution in [3.05, 3.63) is 52.9 Å². The number of hydrogen-bond acceptors (Lipinski definition) is 8. The summed E-state index contributed by atoms with van der Waals surface area (Å²) in [5, 5.41) is 14.0. The van der Waals surface area contributed by atoms with Crippen molar-refractivity contribution in [2.75, 3.05) is 24.8 Å². The SMILES string of the molecule is CNc1cnc2sc(C)nc2c1C(C)OC.O=CNc1ccc(-n2nccn2)c(C(F)F)c1. The topological polar surface area (TPSA) is 107 Å². The minimum atomic E-state index is -2.68. The number of halogens is 2. The summed E-state index contributed by atoms with van der Waals surface area (Å²) in [6.07, 6.45) is 2.39. The summed E-state index contributed by atoms with van der Waals surface area (Å²) < 4.78 is 31.1. The van der Waals surface area contributed by atoms with Crippen LogP contribution in [0.5, 0.6) is 0 Å². The van der Waals surface area contributed by atoms with E-state index >= 15 is 0 Å². The summed E-state index contributed by atoms with van der Waals surface area (Å²) in [5.74, 6) is 0. The number of methoxy groups -OCH3 is 1. The van der Waals surface area contributed by atoms with Crippen molar-refractivity contribution in [3.63, 3.8) is 0 Å². The number of carbonyl (C=O) groups is 1. The molecule has 1 amide bonds. The monoisotopic (exact) mass is 475 g/mol. The van der Waals surface area contributed by atoms with E-state index in [0.717, 1.165) is 31.4 Å². The summed E-state index contributed by atoms with van der Waals surface area (Å²) in [7, 11) is 3.59. The minimum Gasteiger partial charge on any atom is -0.387 e. The number of aromatic nitrogens is 5. The Kier molecular flexibility index (Phi) is 7.96. The highest BCUT2D eigenvalue weighted by molar-refractivity contribution is 7.18. The fourth-order valence-electron chi connectivity index (χ4n) is 3.14. The molecule has 0 aliphatic heterocycles. The number of anilines is 2. The lowest BCUT2D eigenvalue weighted by Gasteiger charge is -2.14. The molecule has 0 aliphatic rings. The first-order chi connectivity index (χ1) is 15.9. The van der Waals surface area contributed by atoms with Crippen molar-refractivity contribution in [1.29, 1.82) is 0 Å². The fourth-order valence-corrected chi connectivity index (χ4v) is 3.91. The van der Waals surface area contributed by atoms with E-state index in [1.807, 2.05) is 27.1 Å². The second-order valence-corrected chi connectivity index (χ2v) is 7.94.